The highest BCUT2D eigenvalue weighted by Crippen LogP contribution is 2.18. The molecular formula is C13H15N3O. The van der Waals surface area contributed by atoms with Gasteiger partial charge in [-0.1, -0.05) is 18.9 Å². The average Bonchev–Trinajstić information content (AvgIpc) is 2.97. The fraction of sp³-hybridized carbons (Fsp3) is 0.385. The second-order valence-corrected chi connectivity index (χ2v) is 4.52. The lowest BCUT2D eigenvalue weighted by Gasteiger charge is -2.12. The molecule has 1 N–H and O–H groups in total. The Morgan fingerprint density at radius 2 is 2.18 bits per heavy atom. The highest BCUT2D eigenvalue weighted by atomic mass is 16.2. The van der Waals surface area contributed by atoms with E-state index < -0.39 is 0 Å². The van der Waals surface area contributed by atoms with Gasteiger partial charge in [-0.2, -0.15) is 0 Å². The summed E-state index contributed by atoms with van der Waals surface area (Å²) in [5.41, 5.74) is 1.47. The maximum absolute atomic E-state index is 12.2. The van der Waals surface area contributed by atoms with Crippen LogP contribution in [0.4, 0.5) is 0 Å². The van der Waals surface area contributed by atoms with E-state index in [0.29, 0.717) is 11.7 Å². The molecule has 0 unspecified atom stereocenters. The predicted molar refractivity (Wildman–Crippen MR) is 64.9 cm³/mol. The Balaban J connectivity index is 1.87. The Morgan fingerprint density at radius 3 is 3.00 bits per heavy atom. The number of carbonyl (C=O) groups is 1. The molecule has 4 nitrogen and oxygen atoms in total. The molecule has 3 rings (SSSR count). The van der Waals surface area contributed by atoms with Gasteiger partial charge in [0.25, 0.3) is 5.91 Å². The molecule has 0 aromatic carbocycles. The molecule has 17 heavy (non-hydrogen) atoms. The van der Waals surface area contributed by atoms with Gasteiger partial charge in [-0.3, -0.25) is 9.20 Å². The van der Waals surface area contributed by atoms with E-state index in [9.17, 15) is 4.79 Å². The van der Waals surface area contributed by atoms with Crippen molar-refractivity contribution in [3.63, 3.8) is 0 Å². The first kappa shape index (κ1) is 10.3. The summed E-state index contributed by atoms with van der Waals surface area (Å²) in [6.07, 6.45) is 8.18. The fourth-order valence-corrected chi connectivity index (χ4v) is 2.46. The number of carbonyl (C=O) groups excluding carboxylic acids is 1. The van der Waals surface area contributed by atoms with Crippen LogP contribution in [0.3, 0.4) is 0 Å². The molecule has 0 spiro atoms. The van der Waals surface area contributed by atoms with Gasteiger partial charge in [0.1, 0.15) is 11.3 Å². The van der Waals surface area contributed by atoms with Crippen molar-refractivity contribution in [3.8, 4) is 0 Å². The molecule has 2 heterocycles. The van der Waals surface area contributed by atoms with Crippen LogP contribution in [0.5, 0.6) is 0 Å². The largest absolute Gasteiger partial charge is 0.348 e. The lowest BCUT2D eigenvalue weighted by molar-refractivity contribution is 0.0931. The zero-order chi connectivity index (χ0) is 11.7. The van der Waals surface area contributed by atoms with E-state index in [1.807, 2.05) is 28.8 Å². The second kappa shape index (κ2) is 4.20. The molecule has 0 aliphatic heterocycles. The van der Waals surface area contributed by atoms with Gasteiger partial charge in [0, 0.05) is 18.4 Å². The SMILES string of the molecule is O=C(NC1CCCC1)c1cccc2nccn12. The van der Waals surface area contributed by atoms with Gasteiger partial charge in [0.15, 0.2) is 0 Å². The van der Waals surface area contributed by atoms with Crippen molar-refractivity contribution in [2.24, 2.45) is 0 Å². The minimum atomic E-state index is 0.000463. The molecule has 2 aromatic heterocycles. The van der Waals surface area contributed by atoms with Crippen molar-refractivity contribution in [3.05, 3.63) is 36.3 Å². The standard InChI is InChI=1S/C13H15N3O/c17-13(15-10-4-1-2-5-10)11-6-3-7-12-14-8-9-16(11)12/h3,6-10H,1-2,4-5H2,(H,15,17). The van der Waals surface area contributed by atoms with E-state index in [-0.39, 0.29) is 5.91 Å². The Labute approximate surface area is 99.7 Å². The molecule has 0 saturated heterocycles. The van der Waals surface area contributed by atoms with Crippen molar-refractivity contribution in [1.82, 2.24) is 14.7 Å². The van der Waals surface area contributed by atoms with Crippen molar-refractivity contribution < 1.29 is 4.79 Å². The molecule has 0 bridgehead atoms. The van der Waals surface area contributed by atoms with Gasteiger partial charge < -0.3 is 5.32 Å². The molecule has 1 saturated carbocycles. The van der Waals surface area contributed by atoms with Crippen LogP contribution in [0.1, 0.15) is 36.2 Å². The Kier molecular flexibility index (Phi) is 2.55. The first-order chi connectivity index (χ1) is 8.34. The van der Waals surface area contributed by atoms with Crippen LogP contribution in [0.15, 0.2) is 30.6 Å². The summed E-state index contributed by atoms with van der Waals surface area (Å²) in [6.45, 7) is 0. The molecule has 0 atom stereocenters. The quantitative estimate of drug-likeness (QED) is 0.856. The fourth-order valence-electron chi connectivity index (χ4n) is 2.46. The maximum Gasteiger partial charge on any atom is 0.268 e. The van der Waals surface area contributed by atoms with Gasteiger partial charge in [0.2, 0.25) is 0 Å². The number of nitrogens with one attached hydrogen (secondary N) is 1. The van der Waals surface area contributed by atoms with E-state index in [2.05, 4.69) is 10.3 Å². The van der Waals surface area contributed by atoms with Gasteiger partial charge >= 0.3 is 0 Å². The Bertz CT molecular complexity index is 540. The number of aromatic nitrogens is 2. The van der Waals surface area contributed by atoms with Crippen LogP contribution >= 0.6 is 0 Å². The smallest absolute Gasteiger partial charge is 0.268 e. The second-order valence-electron chi connectivity index (χ2n) is 4.52. The lowest BCUT2D eigenvalue weighted by atomic mass is 10.2. The average molecular weight is 229 g/mol. The summed E-state index contributed by atoms with van der Waals surface area (Å²) in [7, 11) is 0. The zero-order valence-electron chi connectivity index (χ0n) is 9.60. The van der Waals surface area contributed by atoms with Crippen LogP contribution in [0, 0.1) is 0 Å². The van der Waals surface area contributed by atoms with Crippen LogP contribution in [-0.2, 0) is 0 Å². The summed E-state index contributed by atoms with van der Waals surface area (Å²) < 4.78 is 1.82. The normalized spacial score (nSPS) is 16.5. The van der Waals surface area contributed by atoms with Crippen molar-refractivity contribution in [2.45, 2.75) is 31.7 Å². The van der Waals surface area contributed by atoms with Crippen LogP contribution in [0.2, 0.25) is 0 Å². The lowest BCUT2D eigenvalue weighted by Crippen LogP contribution is -2.33. The maximum atomic E-state index is 12.2. The minimum Gasteiger partial charge on any atom is -0.348 e. The van der Waals surface area contributed by atoms with Gasteiger partial charge in [0.05, 0.1) is 0 Å². The van der Waals surface area contributed by atoms with E-state index in [0.717, 1.165) is 18.5 Å². The molecule has 1 aliphatic rings. The Morgan fingerprint density at radius 1 is 1.35 bits per heavy atom. The number of nitrogens with zero attached hydrogens (tertiary/aromatic N) is 2. The predicted octanol–water partition coefficient (Wildman–Crippen LogP) is 2.01. The molecule has 1 aliphatic carbocycles. The number of rotatable bonds is 2. The summed E-state index contributed by atoms with van der Waals surface area (Å²) in [4.78, 5) is 16.3. The van der Waals surface area contributed by atoms with Crippen LogP contribution in [0.25, 0.3) is 5.65 Å². The van der Waals surface area contributed by atoms with Crippen molar-refractivity contribution in [2.75, 3.05) is 0 Å². The third kappa shape index (κ3) is 1.90. The first-order valence-electron chi connectivity index (χ1n) is 6.07. The van der Waals surface area contributed by atoms with Crippen molar-refractivity contribution in [1.29, 1.82) is 0 Å². The molecule has 1 fully saturated rings. The molecule has 4 heteroatoms. The van der Waals surface area contributed by atoms with Gasteiger partial charge in [-0.25, -0.2) is 4.98 Å². The molecule has 0 radical (unpaired) electrons. The van der Waals surface area contributed by atoms with E-state index in [1.54, 1.807) is 6.20 Å². The van der Waals surface area contributed by atoms with Gasteiger partial charge in [-0.15, -0.1) is 0 Å². The summed E-state index contributed by atoms with van der Waals surface area (Å²) in [6, 6.07) is 5.94. The highest BCUT2D eigenvalue weighted by Gasteiger charge is 2.19. The minimum absolute atomic E-state index is 0.000463. The Hall–Kier alpha value is -1.84. The molecule has 88 valence electrons. The van der Waals surface area contributed by atoms with E-state index in [1.165, 1.54) is 12.8 Å². The number of pyridine rings is 1. The number of fused-ring (bicyclic) bond motifs is 1. The monoisotopic (exact) mass is 229 g/mol. The third-order valence-electron chi connectivity index (χ3n) is 3.35. The van der Waals surface area contributed by atoms with Crippen molar-refractivity contribution >= 4 is 11.6 Å². The molecular weight excluding hydrogens is 214 g/mol. The third-order valence-corrected chi connectivity index (χ3v) is 3.35. The molecule has 1 amide bonds. The number of hydrogen-bond acceptors (Lipinski definition) is 2. The van der Waals surface area contributed by atoms with E-state index >= 15 is 0 Å². The summed E-state index contributed by atoms with van der Waals surface area (Å²) in [5.74, 6) is 0.000463. The number of hydrogen-bond donors (Lipinski definition) is 1. The summed E-state index contributed by atoms with van der Waals surface area (Å²) in [5, 5.41) is 3.09. The number of imidazole rings is 1. The summed E-state index contributed by atoms with van der Waals surface area (Å²) >= 11 is 0. The van der Waals surface area contributed by atoms with Crippen LogP contribution in [-0.4, -0.2) is 21.3 Å². The van der Waals surface area contributed by atoms with Gasteiger partial charge in [-0.05, 0) is 25.0 Å². The number of amides is 1. The molecule has 2 aromatic rings. The van der Waals surface area contributed by atoms with E-state index in [4.69, 9.17) is 0 Å². The first-order valence-corrected chi connectivity index (χ1v) is 6.07. The van der Waals surface area contributed by atoms with Crippen LogP contribution < -0.4 is 5.32 Å². The highest BCUT2D eigenvalue weighted by molar-refractivity contribution is 5.93. The topological polar surface area (TPSA) is 46.4 Å². The zero-order valence-corrected chi connectivity index (χ0v) is 9.60.